The number of nitrogens with one attached hydrogen (secondary N) is 1. The van der Waals surface area contributed by atoms with E-state index in [1.165, 1.54) is 23.8 Å². The van der Waals surface area contributed by atoms with Crippen molar-refractivity contribution < 1.29 is 13.6 Å². The molecular weight excluding hydrogens is 280 g/mol. The molecule has 0 unspecified atom stereocenters. The molecule has 5 nitrogen and oxygen atoms in total. The van der Waals surface area contributed by atoms with Gasteiger partial charge in [0.2, 0.25) is 5.76 Å². The number of hydrogen-bond acceptors (Lipinski definition) is 4. The predicted octanol–water partition coefficient (Wildman–Crippen LogP) is 3.22. The zero-order valence-electron chi connectivity index (χ0n) is 12.2. The molecule has 0 fully saturated rings. The zero-order chi connectivity index (χ0) is 15.4. The van der Waals surface area contributed by atoms with Crippen LogP contribution < -0.4 is 5.32 Å². The van der Waals surface area contributed by atoms with Crippen LogP contribution in [-0.2, 0) is 6.42 Å². The first-order chi connectivity index (χ1) is 10.8. The molecule has 2 aromatic heterocycles. The maximum atomic E-state index is 12.2. The molecule has 2 heterocycles. The number of aromatic nitrogens is 1. The van der Waals surface area contributed by atoms with Gasteiger partial charge in [-0.25, -0.2) is 4.98 Å². The molecule has 0 aliphatic rings. The number of furan rings is 1. The van der Waals surface area contributed by atoms with Crippen molar-refractivity contribution in [1.82, 2.24) is 10.3 Å². The second-order valence-corrected chi connectivity index (χ2v) is 4.94. The first-order valence-corrected chi connectivity index (χ1v) is 7.06. The van der Waals surface area contributed by atoms with E-state index < -0.39 is 0 Å². The molecule has 5 heteroatoms. The minimum Gasteiger partial charge on any atom is -0.461 e. The standard InChI is InChI=1S/C17H16N2O3/c1-12-5-2-3-6-13(12)8-9-18-17(20)15-16(22-11-19-15)14-7-4-10-21-14/h2-7,10-11H,8-9H2,1H3,(H,18,20). The van der Waals surface area contributed by atoms with Gasteiger partial charge in [-0.3, -0.25) is 4.79 Å². The summed E-state index contributed by atoms with van der Waals surface area (Å²) in [5, 5.41) is 2.86. The Morgan fingerprint density at radius 3 is 2.82 bits per heavy atom. The maximum absolute atomic E-state index is 12.2. The first-order valence-electron chi connectivity index (χ1n) is 7.06. The molecule has 0 atom stereocenters. The molecule has 1 amide bonds. The summed E-state index contributed by atoms with van der Waals surface area (Å²) < 4.78 is 10.5. The number of amides is 1. The van der Waals surface area contributed by atoms with Gasteiger partial charge in [-0.15, -0.1) is 0 Å². The van der Waals surface area contributed by atoms with Crippen molar-refractivity contribution in [2.45, 2.75) is 13.3 Å². The number of oxazole rings is 1. The lowest BCUT2D eigenvalue weighted by atomic mass is 10.1. The lowest BCUT2D eigenvalue weighted by molar-refractivity contribution is 0.0949. The van der Waals surface area contributed by atoms with Gasteiger partial charge in [0.1, 0.15) is 0 Å². The van der Waals surface area contributed by atoms with E-state index in [-0.39, 0.29) is 11.6 Å². The van der Waals surface area contributed by atoms with E-state index in [0.29, 0.717) is 18.1 Å². The van der Waals surface area contributed by atoms with E-state index in [1.807, 2.05) is 12.1 Å². The monoisotopic (exact) mass is 296 g/mol. The molecule has 0 aliphatic heterocycles. The summed E-state index contributed by atoms with van der Waals surface area (Å²) in [6.07, 6.45) is 3.54. The highest BCUT2D eigenvalue weighted by atomic mass is 16.4. The molecule has 3 aromatic rings. The van der Waals surface area contributed by atoms with Crippen LogP contribution in [0.4, 0.5) is 0 Å². The SMILES string of the molecule is Cc1ccccc1CCNC(=O)c1ncoc1-c1ccco1. The molecule has 0 spiro atoms. The Labute approximate surface area is 128 Å². The summed E-state index contributed by atoms with van der Waals surface area (Å²) in [7, 11) is 0. The highest BCUT2D eigenvalue weighted by molar-refractivity contribution is 5.97. The number of carbonyl (C=O) groups is 1. The van der Waals surface area contributed by atoms with Crippen LogP contribution in [0, 0.1) is 6.92 Å². The van der Waals surface area contributed by atoms with Gasteiger partial charge in [0, 0.05) is 6.54 Å². The molecule has 112 valence electrons. The Morgan fingerprint density at radius 1 is 1.18 bits per heavy atom. The highest BCUT2D eigenvalue weighted by Gasteiger charge is 2.19. The van der Waals surface area contributed by atoms with E-state index in [0.717, 1.165) is 6.42 Å². The van der Waals surface area contributed by atoms with E-state index in [9.17, 15) is 4.79 Å². The van der Waals surface area contributed by atoms with Crippen LogP contribution in [0.3, 0.4) is 0 Å². The van der Waals surface area contributed by atoms with Crippen molar-refractivity contribution in [3.05, 3.63) is 65.9 Å². The van der Waals surface area contributed by atoms with Gasteiger partial charge in [-0.05, 0) is 36.6 Å². The molecular formula is C17H16N2O3. The maximum Gasteiger partial charge on any atom is 0.274 e. The average molecular weight is 296 g/mol. The third-order valence-electron chi connectivity index (χ3n) is 3.47. The topological polar surface area (TPSA) is 68.3 Å². The average Bonchev–Trinajstić information content (AvgIpc) is 3.19. The zero-order valence-corrected chi connectivity index (χ0v) is 12.2. The van der Waals surface area contributed by atoms with Gasteiger partial charge in [-0.2, -0.15) is 0 Å². The Hall–Kier alpha value is -2.82. The minimum atomic E-state index is -0.270. The van der Waals surface area contributed by atoms with E-state index in [2.05, 4.69) is 29.4 Å². The molecule has 1 aromatic carbocycles. The predicted molar refractivity (Wildman–Crippen MR) is 81.4 cm³/mol. The summed E-state index contributed by atoms with van der Waals surface area (Å²) in [6.45, 7) is 2.60. The summed E-state index contributed by atoms with van der Waals surface area (Å²) in [6, 6.07) is 11.6. The molecule has 0 bridgehead atoms. The fraction of sp³-hybridized carbons (Fsp3) is 0.176. The van der Waals surface area contributed by atoms with Crippen molar-refractivity contribution in [3.63, 3.8) is 0 Å². The summed E-state index contributed by atoms with van der Waals surface area (Å²) in [5.41, 5.74) is 2.67. The summed E-state index contributed by atoms with van der Waals surface area (Å²) in [4.78, 5) is 16.2. The highest BCUT2D eigenvalue weighted by Crippen LogP contribution is 2.23. The second-order valence-electron chi connectivity index (χ2n) is 4.94. The number of aryl methyl sites for hydroxylation is 1. The van der Waals surface area contributed by atoms with Crippen LogP contribution in [0.15, 0.2) is 57.9 Å². The summed E-state index contributed by atoms with van der Waals surface area (Å²) in [5.74, 6) is 0.564. The smallest absolute Gasteiger partial charge is 0.274 e. The van der Waals surface area contributed by atoms with Gasteiger partial charge in [-0.1, -0.05) is 24.3 Å². The van der Waals surface area contributed by atoms with Crippen LogP contribution >= 0.6 is 0 Å². The van der Waals surface area contributed by atoms with Gasteiger partial charge in [0.25, 0.3) is 5.91 Å². The van der Waals surface area contributed by atoms with Crippen molar-refractivity contribution in [1.29, 1.82) is 0 Å². The van der Waals surface area contributed by atoms with Crippen LogP contribution in [0.5, 0.6) is 0 Å². The van der Waals surface area contributed by atoms with E-state index in [4.69, 9.17) is 8.83 Å². The third-order valence-corrected chi connectivity index (χ3v) is 3.47. The molecule has 0 saturated carbocycles. The quantitative estimate of drug-likeness (QED) is 0.785. The fourth-order valence-corrected chi connectivity index (χ4v) is 2.28. The number of nitrogens with zero attached hydrogens (tertiary/aromatic N) is 1. The minimum absolute atomic E-state index is 0.236. The molecule has 1 N–H and O–H groups in total. The van der Waals surface area contributed by atoms with Crippen LogP contribution in [0.2, 0.25) is 0 Å². The lowest BCUT2D eigenvalue weighted by Gasteiger charge is -2.06. The van der Waals surface area contributed by atoms with E-state index >= 15 is 0 Å². The van der Waals surface area contributed by atoms with Crippen LogP contribution in [-0.4, -0.2) is 17.4 Å². The lowest BCUT2D eigenvalue weighted by Crippen LogP contribution is -2.26. The van der Waals surface area contributed by atoms with Crippen molar-refractivity contribution in [2.75, 3.05) is 6.54 Å². The number of rotatable bonds is 5. The van der Waals surface area contributed by atoms with Gasteiger partial charge in [0.15, 0.2) is 17.8 Å². The van der Waals surface area contributed by atoms with E-state index in [1.54, 1.807) is 12.1 Å². The van der Waals surface area contributed by atoms with Gasteiger partial charge < -0.3 is 14.2 Å². The van der Waals surface area contributed by atoms with Crippen molar-refractivity contribution in [3.8, 4) is 11.5 Å². The largest absolute Gasteiger partial charge is 0.461 e. The Balaban J connectivity index is 1.64. The van der Waals surface area contributed by atoms with Gasteiger partial charge in [0.05, 0.1) is 6.26 Å². The number of carbonyl (C=O) groups excluding carboxylic acids is 1. The Kier molecular flexibility index (Phi) is 4.05. The normalized spacial score (nSPS) is 10.6. The van der Waals surface area contributed by atoms with Crippen LogP contribution in [0.1, 0.15) is 21.6 Å². The molecule has 0 aliphatic carbocycles. The molecule has 3 rings (SSSR count). The fourth-order valence-electron chi connectivity index (χ4n) is 2.28. The second kappa shape index (κ2) is 6.30. The van der Waals surface area contributed by atoms with Gasteiger partial charge >= 0.3 is 0 Å². The molecule has 0 radical (unpaired) electrons. The number of hydrogen-bond donors (Lipinski definition) is 1. The van der Waals surface area contributed by atoms with Crippen molar-refractivity contribution in [2.24, 2.45) is 0 Å². The molecule has 22 heavy (non-hydrogen) atoms. The Bertz CT molecular complexity index is 760. The Morgan fingerprint density at radius 2 is 2.05 bits per heavy atom. The third kappa shape index (κ3) is 2.93. The molecule has 0 saturated heterocycles. The first kappa shape index (κ1) is 14.1. The van der Waals surface area contributed by atoms with Crippen molar-refractivity contribution >= 4 is 5.91 Å². The van der Waals surface area contributed by atoms with Crippen LogP contribution in [0.25, 0.3) is 11.5 Å². The summed E-state index contributed by atoms with van der Waals surface area (Å²) >= 11 is 0. The number of benzene rings is 1.